The maximum absolute atomic E-state index is 10.9. The summed E-state index contributed by atoms with van der Waals surface area (Å²) in [4.78, 5) is 10.9. The van der Waals surface area contributed by atoms with Crippen LogP contribution in [0.25, 0.3) is 0 Å². The van der Waals surface area contributed by atoms with Crippen molar-refractivity contribution in [3.8, 4) is 5.75 Å². The lowest BCUT2D eigenvalue weighted by atomic mass is 9.90. The molecule has 0 saturated heterocycles. The fourth-order valence-corrected chi connectivity index (χ4v) is 1.54. The Labute approximate surface area is 106 Å². The van der Waals surface area contributed by atoms with Gasteiger partial charge in [0.2, 0.25) is 0 Å². The lowest BCUT2D eigenvalue weighted by Gasteiger charge is -2.19. The predicted octanol–water partition coefficient (Wildman–Crippen LogP) is 3.53. The van der Waals surface area contributed by atoms with Gasteiger partial charge in [0.15, 0.2) is 0 Å². The molecule has 0 aliphatic heterocycles. The van der Waals surface area contributed by atoms with E-state index in [9.17, 15) is 4.79 Å². The molecule has 0 saturated carbocycles. The summed E-state index contributed by atoms with van der Waals surface area (Å²) in [6.07, 6.45) is 0.437. The minimum absolute atomic E-state index is 0.335. The number of hydrogen-bond donors (Lipinski definition) is 1. The van der Waals surface area contributed by atoms with Crippen LogP contribution in [0.2, 0.25) is 5.02 Å². The molecule has 0 aliphatic rings. The highest BCUT2D eigenvalue weighted by atomic mass is 35.5. The first-order valence-corrected chi connectivity index (χ1v) is 5.83. The van der Waals surface area contributed by atoms with E-state index in [1.165, 1.54) is 0 Å². The summed E-state index contributed by atoms with van der Waals surface area (Å²) < 4.78 is 5.48. The van der Waals surface area contributed by atoms with Gasteiger partial charge in [0.1, 0.15) is 5.75 Å². The Morgan fingerprint density at radius 3 is 2.65 bits per heavy atom. The van der Waals surface area contributed by atoms with Crippen molar-refractivity contribution in [2.24, 2.45) is 5.41 Å². The van der Waals surface area contributed by atoms with Crippen molar-refractivity contribution in [1.29, 1.82) is 0 Å². The molecule has 0 spiro atoms. The summed E-state index contributed by atoms with van der Waals surface area (Å²) >= 11 is 6.00. The van der Waals surface area contributed by atoms with E-state index >= 15 is 0 Å². The standard InChI is InChI=1S/C13H17ClO3/c1-9-4-5-11(10(14)8-9)17-7-6-13(2,3)12(15)16/h4-5,8H,6-7H2,1-3H3,(H,15,16). The van der Waals surface area contributed by atoms with Gasteiger partial charge in [0.25, 0.3) is 0 Å². The summed E-state index contributed by atoms with van der Waals surface area (Å²) in [5.74, 6) is -0.227. The van der Waals surface area contributed by atoms with Crippen molar-refractivity contribution >= 4 is 17.6 Å². The molecule has 3 nitrogen and oxygen atoms in total. The van der Waals surface area contributed by atoms with Gasteiger partial charge in [-0.3, -0.25) is 4.79 Å². The zero-order valence-electron chi connectivity index (χ0n) is 10.3. The molecule has 0 heterocycles. The monoisotopic (exact) mass is 256 g/mol. The molecular formula is C13H17ClO3. The van der Waals surface area contributed by atoms with E-state index in [2.05, 4.69) is 0 Å². The van der Waals surface area contributed by atoms with Crippen molar-refractivity contribution in [1.82, 2.24) is 0 Å². The van der Waals surface area contributed by atoms with Crippen molar-refractivity contribution < 1.29 is 14.6 Å². The smallest absolute Gasteiger partial charge is 0.309 e. The number of carbonyl (C=O) groups is 1. The van der Waals surface area contributed by atoms with Crippen molar-refractivity contribution in [2.75, 3.05) is 6.61 Å². The quantitative estimate of drug-likeness (QED) is 0.877. The van der Waals surface area contributed by atoms with E-state index < -0.39 is 11.4 Å². The Morgan fingerprint density at radius 1 is 1.47 bits per heavy atom. The van der Waals surface area contributed by atoms with Gasteiger partial charge in [-0.1, -0.05) is 17.7 Å². The van der Waals surface area contributed by atoms with Crippen LogP contribution >= 0.6 is 11.6 Å². The largest absolute Gasteiger partial charge is 0.492 e. The summed E-state index contributed by atoms with van der Waals surface area (Å²) in [5, 5.41) is 9.50. The van der Waals surface area contributed by atoms with Gasteiger partial charge in [-0.15, -0.1) is 0 Å². The van der Waals surface area contributed by atoms with Crippen LogP contribution in [0, 0.1) is 12.3 Å². The van der Waals surface area contributed by atoms with Gasteiger partial charge in [-0.2, -0.15) is 0 Å². The van der Waals surface area contributed by atoms with Gasteiger partial charge < -0.3 is 9.84 Å². The van der Waals surface area contributed by atoms with Gasteiger partial charge in [0, 0.05) is 0 Å². The topological polar surface area (TPSA) is 46.5 Å². The number of aliphatic carboxylic acids is 1. The number of ether oxygens (including phenoxy) is 1. The second-order valence-electron chi connectivity index (χ2n) is 4.72. The highest BCUT2D eigenvalue weighted by Gasteiger charge is 2.26. The number of aryl methyl sites for hydroxylation is 1. The van der Waals surface area contributed by atoms with Gasteiger partial charge in [-0.25, -0.2) is 0 Å². The number of carboxylic acids is 1. The number of rotatable bonds is 5. The number of halogens is 1. The van der Waals surface area contributed by atoms with Crippen molar-refractivity contribution in [3.05, 3.63) is 28.8 Å². The third-order valence-electron chi connectivity index (χ3n) is 2.65. The molecule has 0 aromatic heterocycles. The van der Waals surface area contributed by atoms with E-state index in [0.29, 0.717) is 23.8 Å². The van der Waals surface area contributed by atoms with Crippen molar-refractivity contribution in [2.45, 2.75) is 27.2 Å². The van der Waals surface area contributed by atoms with Gasteiger partial charge >= 0.3 is 5.97 Å². The first kappa shape index (κ1) is 13.8. The van der Waals surface area contributed by atoms with E-state index in [-0.39, 0.29) is 0 Å². The summed E-state index contributed by atoms with van der Waals surface area (Å²) in [6, 6.07) is 5.52. The molecule has 1 rings (SSSR count). The second-order valence-corrected chi connectivity index (χ2v) is 5.13. The maximum atomic E-state index is 10.9. The first-order valence-electron chi connectivity index (χ1n) is 5.45. The highest BCUT2D eigenvalue weighted by molar-refractivity contribution is 6.32. The third-order valence-corrected chi connectivity index (χ3v) is 2.95. The van der Waals surface area contributed by atoms with Crippen molar-refractivity contribution in [3.63, 3.8) is 0 Å². The Bertz CT molecular complexity index is 413. The summed E-state index contributed by atoms with van der Waals surface area (Å²) in [7, 11) is 0. The molecular weight excluding hydrogens is 240 g/mol. The average Bonchev–Trinajstić information content (AvgIpc) is 2.21. The lowest BCUT2D eigenvalue weighted by molar-refractivity contribution is -0.147. The van der Waals surface area contributed by atoms with Crippen LogP contribution in [0.5, 0.6) is 5.75 Å². The van der Waals surface area contributed by atoms with Crippen LogP contribution < -0.4 is 4.74 Å². The number of benzene rings is 1. The van der Waals surface area contributed by atoms with Crippen LogP contribution in [0.3, 0.4) is 0 Å². The van der Waals surface area contributed by atoms with E-state index in [0.717, 1.165) is 5.56 Å². The first-order chi connectivity index (χ1) is 7.83. The molecule has 0 amide bonds. The highest BCUT2D eigenvalue weighted by Crippen LogP contribution is 2.27. The maximum Gasteiger partial charge on any atom is 0.309 e. The molecule has 1 aromatic carbocycles. The second kappa shape index (κ2) is 5.41. The molecule has 0 fully saturated rings. The molecule has 94 valence electrons. The molecule has 0 aliphatic carbocycles. The Balaban J connectivity index is 2.54. The number of carboxylic acid groups (broad SMARTS) is 1. The van der Waals surface area contributed by atoms with Gasteiger partial charge in [-0.05, 0) is 44.9 Å². The Hall–Kier alpha value is -1.22. The summed E-state index contributed by atoms with van der Waals surface area (Å²) in [5.41, 5.74) is 0.283. The minimum Gasteiger partial charge on any atom is -0.492 e. The molecule has 1 N–H and O–H groups in total. The fourth-order valence-electron chi connectivity index (χ4n) is 1.25. The fraction of sp³-hybridized carbons (Fsp3) is 0.462. The van der Waals surface area contributed by atoms with E-state index in [1.807, 2.05) is 19.1 Å². The Morgan fingerprint density at radius 2 is 2.12 bits per heavy atom. The zero-order chi connectivity index (χ0) is 13.1. The van der Waals surface area contributed by atoms with Crippen LogP contribution in [-0.2, 0) is 4.79 Å². The normalized spacial score (nSPS) is 11.3. The Kier molecular flexibility index (Phi) is 4.40. The van der Waals surface area contributed by atoms with E-state index in [4.69, 9.17) is 21.4 Å². The van der Waals surface area contributed by atoms with Crippen LogP contribution in [0.4, 0.5) is 0 Å². The van der Waals surface area contributed by atoms with Gasteiger partial charge in [0.05, 0.1) is 17.0 Å². The SMILES string of the molecule is Cc1ccc(OCCC(C)(C)C(=O)O)c(Cl)c1. The van der Waals surface area contributed by atoms with Crippen LogP contribution in [0.1, 0.15) is 25.8 Å². The van der Waals surface area contributed by atoms with Crippen LogP contribution in [-0.4, -0.2) is 17.7 Å². The summed E-state index contributed by atoms with van der Waals surface area (Å²) in [6.45, 7) is 5.64. The molecule has 4 heteroatoms. The zero-order valence-corrected chi connectivity index (χ0v) is 11.0. The number of hydrogen-bond acceptors (Lipinski definition) is 2. The third kappa shape index (κ3) is 3.93. The van der Waals surface area contributed by atoms with Crippen LogP contribution in [0.15, 0.2) is 18.2 Å². The molecule has 0 radical (unpaired) electrons. The lowest BCUT2D eigenvalue weighted by Crippen LogP contribution is -2.25. The van der Waals surface area contributed by atoms with E-state index in [1.54, 1.807) is 19.9 Å². The molecule has 17 heavy (non-hydrogen) atoms. The minimum atomic E-state index is -0.823. The molecule has 0 bridgehead atoms. The molecule has 1 aromatic rings. The average molecular weight is 257 g/mol. The molecule has 0 atom stereocenters. The predicted molar refractivity (Wildman–Crippen MR) is 67.7 cm³/mol. The molecule has 0 unspecified atom stereocenters.